The van der Waals surface area contributed by atoms with Gasteiger partial charge in [0.2, 0.25) is 0 Å². The zero-order valence-electron chi connectivity index (χ0n) is 9.33. The first-order chi connectivity index (χ1) is 8.10. The first-order valence-corrected chi connectivity index (χ1v) is 5.66. The van der Waals surface area contributed by atoms with E-state index in [1.807, 2.05) is 13.0 Å². The molecule has 4 nitrogen and oxygen atoms in total. The number of nitrogens with zero attached hydrogens (tertiary/aromatic N) is 1. The number of amidine groups is 1. The minimum Gasteiger partial charge on any atom is -0.386 e. The summed E-state index contributed by atoms with van der Waals surface area (Å²) in [5.41, 5.74) is 7.77. The summed E-state index contributed by atoms with van der Waals surface area (Å²) in [4.78, 5) is 19.0. The Hall–Kier alpha value is -1.81. The number of aromatic amines is 1. The lowest BCUT2D eigenvalue weighted by Crippen LogP contribution is -2.12. The normalized spacial score (nSPS) is 12.0. The summed E-state index contributed by atoms with van der Waals surface area (Å²) in [7, 11) is 0. The smallest absolute Gasteiger partial charge is 0.189 e. The average molecular weight is 250 g/mol. The lowest BCUT2D eigenvalue weighted by Gasteiger charge is -2.01. The summed E-state index contributed by atoms with van der Waals surface area (Å²) in [6, 6.07) is 6.86. The second-order valence-electron chi connectivity index (χ2n) is 3.78. The van der Waals surface area contributed by atoms with E-state index in [0.717, 1.165) is 11.2 Å². The van der Waals surface area contributed by atoms with E-state index in [1.54, 1.807) is 18.2 Å². The van der Waals surface area contributed by atoms with Gasteiger partial charge >= 0.3 is 0 Å². The highest BCUT2D eigenvalue weighted by molar-refractivity contribution is 6.28. The molecule has 0 unspecified atom stereocenters. The summed E-state index contributed by atoms with van der Waals surface area (Å²) in [6.45, 7) is 1.85. The molecule has 2 rings (SSSR count). The van der Waals surface area contributed by atoms with Crippen molar-refractivity contribution in [2.45, 2.75) is 6.92 Å². The molecule has 17 heavy (non-hydrogen) atoms. The Balaban J connectivity index is 2.62. The number of benzene rings is 1. The number of aliphatic imine (C=N–C) groups is 1. The second kappa shape index (κ2) is 4.59. The van der Waals surface area contributed by atoms with Crippen molar-refractivity contribution in [2.24, 2.45) is 10.7 Å². The molecule has 0 atom stereocenters. The SMILES string of the molecule is Cc1cc(=O)c2cc(N=C(N)CCl)ccc2[nH]1. The van der Waals surface area contributed by atoms with Gasteiger partial charge in [-0.25, -0.2) is 4.99 Å². The van der Waals surface area contributed by atoms with Crippen LogP contribution in [0.1, 0.15) is 5.69 Å². The number of aryl methyl sites for hydroxylation is 1. The number of pyridine rings is 1. The van der Waals surface area contributed by atoms with Gasteiger partial charge in [0.1, 0.15) is 5.84 Å². The van der Waals surface area contributed by atoms with Gasteiger partial charge in [0.15, 0.2) is 5.43 Å². The highest BCUT2D eigenvalue weighted by Gasteiger charge is 2.01. The number of rotatable bonds is 2. The summed E-state index contributed by atoms with van der Waals surface area (Å²) < 4.78 is 0. The van der Waals surface area contributed by atoms with E-state index in [-0.39, 0.29) is 11.3 Å². The predicted molar refractivity (Wildman–Crippen MR) is 71.3 cm³/mol. The molecule has 0 amide bonds. The van der Waals surface area contributed by atoms with E-state index in [1.165, 1.54) is 0 Å². The van der Waals surface area contributed by atoms with Gasteiger partial charge in [-0.05, 0) is 25.1 Å². The number of aromatic nitrogens is 1. The Morgan fingerprint density at radius 1 is 1.47 bits per heavy atom. The van der Waals surface area contributed by atoms with Crippen LogP contribution in [-0.2, 0) is 0 Å². The summed E-state index contributed by atoms with van der Waals surface area (Å²) in [6.07, 6.45) is 0. The van der Waals surface area contributed by atoms with Crippen LogP contribution < -0.4 is 11.2 Å². The van der Waals surface area contributed by atoms with Crippen molar-refractivity contribution in [1.82, 2.24) is 4.98 Å². The number of nitrogens with two attached hydrogens (primary N) is 1. The third-order valence-corrected chi connectivity index (χ3v) is 2.63. The maximum atomic E-state index is 11.8. The molecule has 1 heterocycles. The van der Waals surface area contributed by atoms with Crippen LogP contribution in [0.3, 0.4) is 0 Å². The number of hydrogen-bond acceptors (Lipinski definition) is 2. The standard InChI is InChI=1S/C12H12ClN3O/c1-7-4-11(17)9-5-8(16-12(14)6-13)2-3-10(9)15-7/h2-5H,6H2,1H3,(H2,14,16)(H,15,17). The molecule has 0 spiro atoms. The number of H-pyrrole nitrogens is 1. The van der Waals surface area contributed by atoms with Crippen molar-refractivity contribution in [3.8, 4) is 0 Å². The van der Waals surface area contributed by atoms with Gasteiger partial charge in [0, 0.05) is 22.7 Å². The van der Waals surface area contributed by atoms with Crippen LogP contribution in [0.4, 0.5) is 5.69 Å². The van der Waals surface area contributed by atoms with Gasteiger partial charge in [0.05, 0.1) is 11.6 Å². The summed E-state index contributed by atoms with van der Waals surface area (Å²) in [5, 5.41) is 0.597. The minimum atomic E-state index is -0.0299. The van der Waals surface area contributed by atoms with Crippen LogP contribution in [-0.4, -0.2) is 16.7 Å². The lowest BCUT2D eigenvalue weighted by molar-refractivity contribution is 1.24. The number of fused-ring (bicyclic) bond motifs is 1. The Morgan fingerprint density at radius 3 is 2.94 bits per heavy atom. The van der Waals surface area contributed by atoms with Crippen LogP contribution in [0.5, 0.6) is 0 Å². The van der Waals surface area contributed by atoms with E-state index in [2.05, 4.69) is 9.98 Å². The molecule has 88 valence electrons. The molecule has 0 saturated heterocycles. The molecule has 5 heteroatoms. The monoisotopic (exact) mass is 249 g/mol. The fourth-order valence-corrected chi connectivity index (χ4v) is 1.69. The van der Waals surface area contributed by atoms with Gasteiger partial charge in [0.25, 0.3) is 0 Å². The molecule has 0 saturated carbocycles. The average Bonchev–Trinajstić information content (AvgIpc) is 2.29. The van der Waals surface area contributed by atoms with Crippen LogP contribution in [0.25, 0.3) is 10.9 Å². The van der Waals surface area contributed by atoms with Crippen molar-refractivity contribution in [3.63, 3.8) is 0 Å². The zero-order valence-corrected chi connectivity index (χ0v) is 10.1. The molecule has 0 fully saturated rings. The molecule has 1 aromatic carbocycles. The van der Waals surface area contributed by atoms with Gasteiger partial charge in [-0.2, -0.15) is 0 Å². The van der Waals surface area contributed by atoms with Gasteiger partial charge in [-0.1, -0.05) is 0 Å². The largest absolute Gasteiger partial charge is 0.386 e. The Bertz CT molecular complexity index is 646. The van der Waals surface area contributed by atoms with Crippen LogP contribution in [0.2, 0.25) is 0 Å². The fraction of sp³-hybridized carbons (Fsp3) is 0.167. The van der Waals surface area contributed by atoms with Gasteiger partial charge in [-0.3, -0.25) is 4.79 Å². The highest BCUT2D eigenvalue weighted by Crippen LogP contribution is 2.17. The lowest BCUT2D eigenvalue weighted by atomic mass is 10.2. The van der Waals surface area contributed by atoms with Gasteiger partial charge < -0.3 is 10.7 Å². The van der Waals surface area contributed by atoms with Crippen LogP contribution in [0.15, 0.2) is 34.1 Å². The zero-order chi connectivity index (χ0) is 12.4. The molecular formula is C12H12ClN3O. The Morgan fingerprint density at radius 2 is 2.24 bits per heavy atom. The van der Waals surface area contributed by atoms with Crippen molar-refractivity contribution in [1.29, 1.82) is 0 Å². The number of hydrogen-bond donors (Lipinski definition) is 2. The van der Waals surface area contributed by atoms with Crippen molar-refractivity contribution in [2.75, 3.05) is 5.88 Å². The molecule has 3 N–H and O–H groups in total. The first-order valence-electron chi connectivity index (χ1n) is 5.13. The highest BCUT2D eigenvalue weighted by atomic mass is 35.5. The summed E-state index contributed by atoms with van der Waals surface area (Å²) >= 11 is 5.55. The van der Waals surface area contributed by atoms with E-state index < -0.39 is 0 Å². The number of nitrogens with one attached hydrogen (secondary N) is 1. The van der Waals surface area contributed by atoms with E-state index in [4.69, 9.17) is 17.3 Å². The first kappa shape index (κ1) is 11.7. The molecule has 0 aliphatic carbocycles. The molecule has 2 aromatic rings. The van der Waals surface area contributed by atoms with Gasteiger partial charge in [-0.15, -0.1) is 11.6 Å². The molecule has 0 bridgehead atoms. The maximum Gasteiger partial charge on any atom is 0.189 e. The quantitative estimate of drug-likeness (QED) is 0.486. The molecule has 1 aromatic heterocycles. The summed E-state index contributed by atoms with van der Waals surface area (Å²) in [5.74, 6) is 0.497. The van der Waals surface area contributed by atoms with Crippen LogP contribution in [0, 0.1) is 6.92 Å². The third-order valence-electron chi connectivity index (χ3n) is 2.36. The van der Waals surface area contributed by atoms with Crippen molar-refractivity contribution < 1.29 is 0 Å². The Labute approximate surface area is 103 Å². The number of alkyl halides is 1. The fourth-order valence-electron chi connectivity index (χ4n) is 1.63. The van der Waals surface area contributed by atoms with E-state index in [9.17, 15) is 4.79 Å². The molecular weight excluding hydrogens is 238 g/mol. The van der Waals surface area contributed by atoms with E-state index >= 15 is 0 Å². The Kier molecular flexibility index (Phi) is 3.15. The van der Waals surface area contributed by atoms with Crippen molar-refractivity contribution in [3.05, 3.63) is 40.2 Å². The molecule has 0 aliphatic rings. The van der Waals surface area contributed by atoms with Crippen LogP contribution >= 0.6 is 11.6 Å². The number of halogens is 1. The maximum absolute atomic E-state index is 11.8. The molecule has 0 radical (unpaired) electrons. The molecule has 0 aliphatic heterocycles. The third kappa shape index (κ3) is 2.47. The van der Waals surface area contributed by atoms with Crippen molar-refractivity contribution >= 4 is 34.0 Å². The predicted octanol–water partition coefficient (Wildman–Crippen LogP) is 2.06. The van der Waals surface area contributed by atoms with E-state index in [0.29, 0.717) is 16.9 Å². The topological polar surface area (TPSA) is 71.2 Å². The minimum absolute atomic E-state index is 0.0299. The second-order valence-corrected chi connectivity index (χ2v) is 4.05.